The first-order valence-electron chi connectivity index (χ1n) is 7.79. The van der Waals surface area contributed by atoms with Crippen LogP contribution < -0.4 is 4.90 Å². The van der Waals surface area contributed by atoms with Crippen molar-refractivity contribution in [1.82, 2.24) is 15.1 Å². The molecule has 0 unspecified atom stereocenters. The maximum atomic E-state index is 13.3. The van der Waals surface area contributed by atoms with Gasteiger partial charge in [-0.05, 0) is 31.9 Å². The molecule has 1 saturated heterocycles. The summed E-state index contributed by atoms with van der Waals surface area (Å²) in [6.07, 6.45) is 5.50. The van der Waals surface area contributed by atoms with Crippen LogP contribution >= 0.6 is 0 Å². The molecule has 0 saturated carbocycles. The first kappa shape index (κ1) is 14.1. The molecule has 0 atom stereocenters. The third-order valence-electron chi connectivity index (χ3n) is 4.41. The highest BCUT2D eigenvalue weighted by molar-refractivity contribution is 5.79. The van der Waals surface area contributed by atoms with E-state index in [0.29, 0.717) is 11.5 Å². The number of halogens is 1. The molecule has 0 spiro atoms. The fraction of sp³-hybridized carbons (Fsp3) is 0.353. The van der Waals surface area contributed by atoms with Crippen LogP contribution in [0, 0.1) is 12.7 Å². The van der Waals surface area contributed by atoms with E-state index in [1.165, 1.54) is 12.1 Å². The number of rotatable bonds is 2. The van der Waals surface area contributed by atoms with Gasteiger partial charge in [0.2, 0.25) is 0 Å². The minimum Gasteiger partial charge on any atom is -0.356 e. The number of anilines is 1. The minimum absolute atomic E-state index is 0.298. The molecule has 3 aromatic rings. The van der Waals surface area contributed by atoms with Crippen LogP contribution in [0.1, 0.15) is 30.1 Å². The highest BCUT2D eigenvalue weighted by Crippen LogP contribution is 2.33. The lowest BCUT2D eigenvalue weighted by Crippen LogP contribution is -2.33. The molecule has 2 aromatic heterocycles. The molecule has 5 nitrogen and oxygen atoms in total. The molecule has 0 aliphatic carbocycles. The first-order chi connectivity index (χ1) is 11.2. The van der Waals surface area contributed by atoms with E-state index in [-0.39, 0.29) is 5.82 Å². The molecular weight excluding hydrogens is 295 g/mol. The smallest absolute Gasteiger partial charge is 0.170 e. The number of benzene rings is 1. The lowest BCUT2D eigenvalue weighted by atomic mass is 9.91. The monoisotopic (exact) mass is 312 g/mol. The number of aromatic nitrogens is 3. The van der Waals surface area contributed by atoms with E-state index < -0.39 is 0 Å². The molecule has 3 heterocycles. The SMILES string of the molecule is Cc1cncc(N2CCC(c3noc4cc(F)ccc34)CC2)n1. The average molecular weight is 312 g/mol. The Kier molecular flexibility index (Phi) is 3.44. The van der Waals surface area contributed by atoms with Crippen molar-refractivity contribution in [2.75, 3.05) is 18.0 Å². The topological polar surface area (TPSA) is 55.1 Å². The van der Waals surface area contributed by atoms with Gasteiger partial charge in [-0.2, -0.15) is 0 Å². The van der Waals surface area contributed by atoms with Crippen LogP contribution in [0.5, 0.6) is 0 Å². The van der Waals surface area contributed by atoms with Crippen molar-refractivity contribution >= 4 is 16.8 Å². The summed E-state index contributed by atoms with van der Waals surface area (Å²) in [5.74, 6) is 0.958. The summed E-state index contributed by atoms with van der Waals surface area (Å²) < 4.78 is 18.5. The largest absolute Gasteiger partial charge is 0.356 e. The second-order valence-corrected chi connectivity index (χ2v) is 5.99. The Bertz CT molecular complexity index is 839. The Morgan fingerprint density at radius 1 is 1.22 bits per heavy atom. The normalized spacial score (nSPS) is 16.2. The summed E-state index contributed by atoms with van der Waals surface area (Å²) in [5.41, 5.74) is 2.39. The maximum Gasteiger partial charge on any atom is 0.170 e. The molecule has 1 aliphatic heterocycles. The lowest BCUT2D eigenvalue weighted by Gasteiger charge is -2.31. The Balaban J connectivity index is 1.52. The van der Waals surface area contributed by atoms with Crippen molar-refractivity contribution in [2.45, 2.75) is 25.7 Å². The van der Waals surface area contributed by atoms with Gasteiger partial charge in [0.25, 0.3) is 0 Å². The summed E-state index contributed by atoms with van der Waals surface area (Å²) >= 11 is 0. The molecule has 23 heavy (non-hydrogen) atoms. The summed E-state index contributed by atoms with van der Waals surface area (Å²) in [6, 6.07) is 4.61. The Hall–Kier alpha value is -2.50. The molecule has 1 aliphatic rings. The predicted molar refractivity (Wildman–Crippen MR) is 84.9 cm³/mol. The highest BCUT2D eigenvalue weighted by atomic mass is 19.1. The van der Waals surface area contributed by atoms with Crippen molar-refractivity contribution in [3.8, 4) is 0 Å². The average Bonchev–Trinajstić information content (AvgIpc) is 2.98. The van der Waals surface area contributed by atoms with E-state index in [1.807, 2.05) is 13.1 Å². The van der Waals surface area contributed by atoms with Crippen LogP contribution in [0.25, 0.3) is 11.0 Å². The minimum atomic E-state index is -0.298. The second kappa shape index (κ2) is 5.61. The third-order valence-corrected chi connectivity index (χ3v) is 4.41. The van der Waals surface area contributed by atoms with Crippen LogP contribution in [0.15, 0.2) is 35.1 Å². The van der Waals surface area contributed by atoms with Gasteiger partial charge in [0, 0.05) is 36.7 Å². The van der Waals surface area contributed by atoms with E-state index in [4.69, 9.17) is 4.52 Å². The number of fused-ring (bicyclic) bond motifs is 1. The standard InChI is InChI=1S/C17H17FN4O/c1-11-9-19-10-16(20-11)22-6-4-12(5-7-22)17-14-3-2-13(18)8-15(14)23-21-17/h2-3,8-10,12H,4-7H2,1H3. The zero-order valence-corrected chi connectivity index (χ0v) is 12.9. The Labute approximate surface area is 133 Å². The summed E-state index contributed by atoms with van der Waals surface area (Å²) in [7, 11) is 0. The Morgan fingerprint density at radius 3 is 2.83 bits per heavy atom. The molecule has 0 bridgehead atoms. The van der Waals surface area contributed by atoms with Crippen LogP contribution in [0.4, 0.5) is 10.2 Å². The number of piperidine rings is 1. The lowest BCUT2D eigenvalue weighted by molar-refractivity contribution is 0.416. The molecule has 0 amide bonds. The van der Waals surface area contributed by atoms with Gasteiger partial charge in [-0.25, -0.2) is 9.37 Å². The summed E-state index contributed by atoms with van der Waals surface area (Å²) in [5, 5.41) is 5.10. The molecule has 1 aromatic carbocycles. The quantitative estimate of drug-likeness (QED) is 0.725. The van der Waals surface area contributed by atoms with E-state index in [9.17, 15) is 4.39 Å². The van der Waals surface area contributed by atoms with Crippen LogP contribution in [0.3, 0.4) is 0 Å². The van der Waals surface area contributed by atoms with Crippen LogP contribution in [-0.2, 0) is 0 Å². The molecule has 118 valence electrons. The van der Waals surface area contributed by atoms with Crippen molar-refractivity contribution in [1.29, 1.82) is 0 Å². The first-order valence-corrected chi connectivity index (χ1v) is 7.79. The fourth-order valence-electron chi connectivity index (χ4n) is 3.21. The maximum absolute atomic E-state index is 13.3. The van der Waals surface area contributed by atoms with E-state index in [0.717, 1.165) is 48.5 Å². The van der Waals surface area contributed by atoms with Crippen molar-refractivity contribution in [3.05, 3.63) is 47.8 Å². The van der Waals surface area contributed by atoms with Gasteiger partial charge in [-0.3, -0.25) is 4.98 Å². The van der Waals surface area contributed by atoms with Gasteiger partial charge in [0.1, 0.15) is 11.6 Å². The molecule has 6 heteroatoms. The summed E-state index contributed by atoms with van der Waals surface area (Å²) in [6.45, 7) is 3.75. The fourth-order valence-corrected chi connectivity index (χ4v) is 3.21. The van der Waals surface area contributed by atoms with Crippen molar-refractivity contribution < 1.29 is 8.91 Å². The molecule has 0 radical (unpaired) electrons. The van der Waals surface area contributed by atoms with Gasteiger partial charge in [-0.15, -0.1) is 0 Å². The highest BCUT2D eigenvalue weighted by Gasteiger charge is 2.25. The molecule has 4 rings (SSSR count). The molecule has 1 fully saturated rings. The van der Waals surface area contributed by atoms with Gasteiger partial charge in [0.15, 0.2) is 5.58 Å². The molecular formula is C17H17FN4O. The number of hydrogen-bond donors (Lipinski definition) is 0. The van der Waals surface area contributed by atoms with Gasteiger partial charge in [-0.1, -0.05) is 5.16 Å². The van der Waals surface area contributed by atoms with Gasteiger partial charge in [0.05, 0.1) is 17.6 Å². The van der Waals surface area contributed by atoms with Crippen molar-refractivity contribution in [2.24, 2.45) is 0 Å². The summed E-state index contributed by atoms with van der Waals surface area (Å²) in [4.78, 5) is 11.0. The predicted octanol–water partition coefficient (Wildman–Crippen LogP) is 3.45. The van der Waals surface area contributed by atoms with Crippen molar-refractivity contribution in [3.63, 3.8) is 0 Å². The molecule has 0 N–H and O–H groups in total. The van der Waals surface area contributed by atoms with Gasteiger partial charge >= 0.3 is 0 Å². The zero-order valence-electron chi connectivity index (χ0n) is 12.9. The van der Waals surface area contributed by atoms with Gasteiger partial charge < -0.3 is 9.42 Å². The van der Waals surface area contributed by atoms with Crippen LogP contribution in [0.2, 0.25) is 0 Å². The zero-order chi connectivity index (χ0) is 15.8. The van der Waals surface area contributed by atoms with E-state index in [1.54, 1.807) is 12.3 Å². The van der Waals surface area contributed by atoms with Crippen LogP contribution in [-0.4, -0.2) is 28.2 Å². The number of aryl methyl sites for hydroxylation is 1. The number of hydrogen-bond acceptors (Lipinski definition) is 5. The van der Waals surface area contributed by atoms with E-state index >= 15 is 0 Å². The van der Waals surface area contributed by atoms with E-state index in [2.05, 4.69) is 20.0 Å². The number of nitrogens with zero attached hydrogens (tertiary/aromatic N) is 4. The second-order valence-electron chi connectivity index (χ2n) is 5.99. The third kappa shape index (κ3) is 2.65. The Morgan fingerprint density at radius 2 is 2.04 bits per heavy atom.